The number of likely N-dealkylation sites (N-methyl/N-ethyl adjacent to an activating group) is 1. The highest BCUT2D eigenvalue weighted by Crippen LogP contribution is 2.14. The van der Waals surface area contributed by atoms with Crippen LogP contribution in [0.5, 0.6) is 5.75 Å². The summed E-state index contributed by atoms with van der Waals surface area (Å²) in [6.07, 6.45) is 5.05. The largest absolute Gasteiger partial charge is 0.497 e. The van der Waals surface area contributed by atoms with Crippen molar-refractivity contribution in [2.24, 2.45) is 0 Å². The number of carbonyl (C=O) groups is 2. The smallest absolute Gasteiger partial charge is 0.279 e. The molecule has 6 nitrogen and oxygen atoms in total. The Hall–Kier alpha value is -2.52. The molecule has 0 saturated heterocycles. The molecule has 6 heteroatoms. The fourth-order valence-corrected chi connectivity index (χ4v) is 1.70. The second-order valence-electron chi connectivity index (χ2n) is 4.57. The lowest BCUT2D eigenvalue weighted by molar-refractivity contribution is -0.862. The van der Waals surface area contributed by atoms with Crippen LogP contribution in [0.4, 0.5) is 5.69 Å². The molecule has 3 N–H and O–H groups in total. The van der Waals surface area contributed by atoms with E-state index in [0.29, 0.717) is 5.69 Å². The molecule has 0 aromatic heterocycles. The Bertz CT molecular complexity index is 520. The van der Waals surface area contributed by atoms with Crippen LogP contribution in [0.3, 0.4) is 0 Å². The summed E-state index contributed by atoms with van der Waals surface area (Å²) >= 11 is 0. The number of ether oxygens (including phenoxy) is 1. The van der Waals surface area contributed by atoms with Crippen LogP contribution in [-0.2, 0) is 9.59 Å². The Morgan fingerprint density at radius 2 is 1.86 bits per heavy atom. The average molecular weight is 290 g/mol. The number of terminal acetylenes is 1. The van der Waals surface area contributed by atoms with Crippen molar-refractivity contribution in [3.05, 3.63) is 24.3 Å². The molecule has 1 rings (SSSR count). The molecule has 2 amide bonds. The second-order valence-corrected chi connectivity index (χ2v) is 4.57. The summed E-state index contributed by atoms with van der Waals surface area (Å²) in [4.78, 5) is 24.1. The summed E-state index contributed by atoms with van der Waals surface area (Å²) in [5.41, 5.74) is 0.686. The monoisotopic (exact) mass is 290 g/mol. The van der Waals surface area contributed by atoms with Gasteiger partial charge in [0, 0.05) is 5.69 Å². The van der Waals surface area contributed by atoms with Gasteiger partial charge >= 0.3 is 0 Å². The molecule has 0 spiro atoms. The number of methoxy groups -OCH3 is 1. The Morgan fingerprint density at radius 1 is 1.24 bits per heavy atom. The quantitative estimate of drug-likeness (QED) is 0.558. The van der Waals surface area contributed by atoms with E-state index in [0.717, 1.165) is 10.6 Å². The molecular weight excluding hydrogens is 270 g/mol. The second kappa shape index (κ2) is 8.61. The number of nitrogens with one attached hydrogen (secondary N) is 3. The number of anilines is 1. The van der Waals surface area contributed by atoms with Crippen LogP contribution in [-0.4, -0.2) is 45.6 Å². The predicted molar refractivity (Wildman–Crippen MR) is 80.1 cm³/mol. The van der Waals surface area contributed by atoms with E-state index in [-0.39, 0.29) is 31.4 Å². The first-order valence-electron chi connectivity index (χ1n) is 6.50. The molecule has 1 unspecified atom stereocenters. The number of rotatable bonds is 7. The van der Waals surface area contributed by atoms with Gasteiger partial charge in [-0.05, 0) is 24.3 Å². The van der Waals surface area contributed by atoms with Crippen molar-refractivity contribution in [3.63, 3.8) is 0 Å². The summed E-state index contributed by atoms with van der Waals surface area (Å²) in [6.45, 7) is 0.581. The Labute approximate surface area is 124 Å². The van der Waals surface area contributed by atoms with Crippen LogP contribution >= 0.6 is 0 Å². The van der Waals surface area contributed by atoms with Crippen molar-refractivity contribution in [1.29, 1.82) is 0 Å². The topological polar surface area (TPSA) is 71.9 Å². The van der Waals surface area contributed by atoms with Gasteiger partial charge in [-0.3, -0.25) is 9.59 Å². The molecule has 21 heavy (non-hydrogen) atoms. The van der Waals surface area contributed by atoms with Crippen LogP contribution in [0.2, 0.25) is 0 Å². The molecule has 1 atom stereocenters. The maximum Gasteiger partial charge on any atom is 0.279 e. The summed E-state index contributed by atoms with van der Waals surface area (Å²) in [5, 5.41) is 5.32. The van der Waals surface area contributed by atoms with Crippen LogP contribution in [0.25, 0.3) is 0 Å². The van der Waals surface area contributed by atoms with Crippen molar-refractivity contribution in [3.8, 4) is 18.1 Å². The maximum absolute atomic E-state index is 11.8. The number of benzene rings is 1. The lowest BCUT2D eigenvalue weighted by atomic mass is 10.3. The first-order valence-corrected chi connectivity index (χ1v) is 6.50. The predicted octanol–water partition coefficient (Wildman–Crippen LogP) is -1.10. The summed E-state index contributed by atoms with van der Waals surface area (Å²) in [7, 11) is 3.35. The molecule has 0 aliphatic rings. The van der Waals surface area contributed by atoms with Gasteiger partial charge in [0.05, 0.1) is 20.7 Å². The molecule has 1 aromatic carbocycles. The molecule has 0 aliphatic carbocycles. The van der Waals surface area contributed by atoms with Crippen molar-refractivity contribution >= 4 is 17.5 Å². The Morgan fingerprint density at radius 3 is 2.43 bits per heavy atom. The van der Waals surface area contributed by atoms with E-state index in [1.807, 2.05) is 0 Å². The minimum atomic E-state index is -0.178. The molecule has 112 valence electrons. The van der Waals surface area contributed by atoms with E-state index in [2.05, 4.69) is 16.6 Å². The number of quaternary nitrogens is 1. The molecule has 0 fully saturated rings. The maximum atomic E-state index is 11.8. The summed E-state index contributed by atoms with van der Waals surface area (Å²) in [5.74, 6) is 2.70. The van der Waals surface area contributed by atoms with Gasteiger partial charge in [-0.25, -0.2) is 0 Å². The zero-order valence-electron chi connectivity index (χ0n) is 12.2. The van der Waals surface area contributed by atoms with Crippen LogP contribution in [0.1, 0.15) is 0 Å². The van der Waals surface area contributed by atoms with E-state index in [1.165, 1.54) is 0 Å². The van der Waals surface area contributed by atoms with Gasteiger partial charge in [0.25, 0.3) is 11.8 Å². The number of hydrogen-bond acceptors (Lipinski definition) is 3. The lowest BCUT2D eigenvalue weighted by Crippen LogP contribution is -3.11. The van der Waals surface area contributed by atoms with Gasteiger partial charge in [0.2, 0.25) is 0 Å². The van der Waals surface area contributed by atoms with E-state index in [1.54, 1.807) is 38.4 Å². The first-order chi connectivity index (χ1) is 10.0. The normalized spacial score (nSPS) is 11.1. The summed E-state index contributed by atoms with van der Waals surface area (Å²) in [6, 6.07) is 7.04. The lowest BCUT2D eigenvalue weighted by Gasteiger charge is -2.13. The molecule has 0 radical (unpaired) electrons. The van der Waals surface area contributed by atoms with Gasteiger partial charge in [0.1, 0.15) is 5.75 Å². The zero-order valence-corrected chi connectivity index (χ0v) is 12.2. The first kappa shape index (κ1) is 16.5. The van der Waals surface area contributed by atoms with Crippen molar-refractivity contribution in [2.45, 2.75) is 0 Å². The minimum absolute atomic E-state index is 0.164. The van der Waals surface area contributed by atoms with Gasteiger partial charge in [-0.15, -0.1) is 6.42 Å². The third-order valence-corrected chi connectivity index (χ3v) is 2.69. The van der Waals surface area contributed by atoms with Gasteiger partial charge in [-0.2, -0.15) is 0 Å². The van der Waals surface area contributed by atoms with Gasteiger partial charge in [0.15, 0.2) is 13.1 Å². The van der Waals surface area contributed by atoms with E-state index in [4.69, 9.17) is 11.2 Å². The Balaban J connectivity index is 2.38. The highest BCUT2D eigenvalue weighted by atomic mass is 16.5. The molecule has 0 bridgehead atoms. The van der Waals surface area contributed by atoms with Crippen molar-refractivity contribution in [2.75, 3.05) is 39.1 Å². The summed E-state index contributed by atoms with van der Waals surface area (Å²) < 4.78 is 5.04. The number of carbonyl (C=O) groups excluding carboxylic acids is 2. The fraction of sp³-hybridized carbons (Fsp3) is 0.333. The van der Waals surface area contributed by atoms with Crippen LogP contribution < -0.4 is 20.3 Å². The number of amides is 2. The highest BCUT2D eigenvalue weighted by Gasteiger charge is 2.13. The molecule has 1 aromatic rings. The number of hydrogen-bond donors (Lipinski definition) is 3. The Kier molecular flexibility index (Phi) is 6.78. The van der Waals surface area contributed by atoms with Gasteiger partial charge in [-0.1, -0.05) is 5.92 Å². The average Bonchev–Trinajstić information content (AvgIpc) is 2.45. The molecular formula is C15H20N3O3+. The third kappa shape index (κ3) is 6.45. The molecule has 0 heterocycles. The van der Waals surface area contributed by atoms with Gasteiger partial charge < -0.3 is 20.3 Å². The molecule has 0 saturated carbocycles. The third-order valence-electron chi connectivity index (χ3n) is 2.69. The van der Waals surface area contributed by atoms with Crippen molar-refractivity contribution in [1.82, 2.24) is 5.32 Å². The van der Waals surface area contributed by atoms with Crippen LogP contribution in [0, 0.1) is 12.3 Å². The zero-order chi connectivity index (χ0) is 15.7. The van der Waals surface area contributed by atoms with Crippen LogP contribution in [0.15, 0.2) is 24.3 Å². The SMILES string of the molecule is C#CCNC(=O)C[NH+](C)CC(=O)Nc1ccc(OC)cc1. The van der Waals surface area contributed by atoms with E-state index in [9.17, 15) is 9.59 Å². The van der Waals surface area contributed by atoms with E-state index < -0.39 is 0 Å². The standard InChI is InChI=1S/C15H19N3O3/c1-4-9-16-14(19)10-18(2)11-15(20)17-12-5-7-13(21-3)8-6-12/h1,5-8H,9-11H2,2-3H3,(H,16,19)(H,17,20)/p+1. The fourth-order valence-electron chi connectivity index (χ4n) is 1.70. The van der Waals surface area contributed by atoms with Crippen molar-refractivity contribution < 1.29 is 19.2 Å². The van der Waals surface area contributed by atoms with E-state index >= 15 is 0 Å². The molecule has 0 aliphatic heterocycles. The highest BCUT2D eigenvalue weighted by molar-refractivity contribution is 5.91. The minimum Gasteiger partial charge on any atom is -0.497 e.